The molecule has 1 aromatic carbocycles. The lowest BCUT2D eigenvalue weighted by Gasteiger charge is -2.30. The molecule has 0 saturated carbocycles. The maximum atomic E-state index is 11.9. The van der Waals surface area contributed by atoms with Crippen molar-refractivity contribution < 1.29 is 9.90 Å². The first kappa shape index (κ1) is 15.0. The van der Waals surface area contributed by atoms with E-state index < -0.39 is 0 Å². The Bertz CT molecular complexity index is 423. The summed E-state index contributed by atoms with van der Waals surface area (Å²) in [5.74, 6) is 0.495. The predicted octanol–water partition coefficient (Wildman–Crippen LogP) is 1.32. The van der Waals surface area contributed by atoms with Crippen molar-refractivity contribution in [2.24, 2.45) is 5.92 Å². The molecule has 1 aromatic rings. The van der Waals surface area contributed by atoms with Gasteiger partial charge in [0, 0.05) is 13.2 Å². The molecule has 0 unspecified atom stereocenters. The van der Waals surface area contributed by atoms with Crippen molar-refractivity contribution in [3.05, 3.63) is 35.4 Å². The highest BCUT2D eigenvalue weighted by atomic mass is 16.3. The Morgan fingerprint density at radius 3 is 2.55 bits per heavy atom. The Hall–Kier alpha value is -1.39. The maximum Gasteiger partial charge on any atom is 0.234 e. The fourth-order valence-corrected chi connectivity index (χ4v) is 2.49. The molecule has 0 radical (unpaired) electrons. The van der Waals surface area contributed by atoms with Crippen molar-refractivity contribution in [2.75, 3.05) is 26.2 Å². The first-order chi connectivity index (χ1) is 9.67. The van der Waals surface area contributed by atoms with Crippen molar-refractivity contribution in [2.45, 2.75) is 26.3 Å². The van der Waals surface area contributed by atoms with E-state index in [0.29, 0.717) is 19.0 Å². The van der Waals surface area contributed by atoms with E-state index in [0.717, 1.165) is 31.5 Å². The van der Waals surface area contributed by atoms with Gasteiger partial charge in [-0.2, -0.15) is 0 Å². The molecule has 0 aromatic heterocycles. The molecular formula is C16H24N2O2. The minimum Gasteiger partial charge on any atom is -0.396 e. The molecule has 2 N–H and O–H groups in total. The van der Waals surface area contributed by atoms with Crippen molar-refractivity contribution in [3.8, 4) is 0 Å². The summed E-state index contributed by atoms with van der Waals surface area (Å²) in [5, 5.41) is 12.1. The number of aliphatic hydroxyl groups is 1. The average molecular weight is 276 g/mol. The topological polar surface area (TPSA) is 52.6 Å². The van der Waals surface area contributed by atoms with Gasteiger partial charge in [0.2, 0.25) is 5.91 Å². The molecule has 1 heterocycles. The molecule has 0 atom stereocenters. The minimum atomic E-state index is 0.0769. The van der Waals surface area contributed by atoms with Crippen LogP contribution in [0, 0.1) is 12.8 Å². The number of nitrogens with one attached hydrogen (secondary N) is 1. The monoisotopic (exact) mass is 276 g/mol. The normalized spacial score (nSPS) is 17.1. The summed E-state index contributed by atoms with van der Waals surface area (Å²) in [4.78, 5) is 14.1. The van der Waals surface area contributed by atoms with Crippen LogP contribution in [0.2, 0.25) is 0 Å². The molecule has 4 nitrogen and oxygen atoms in total. The van der Waals surface area contributed by atoms with E-state index in [4.69, 9.17) is 5.11 Å². The van der Waals surface area contributed by atoms with Gasteiger partial charge in [-0.05, 0) is 44.3 Å². The second-order valence-corrected chi connectivity index (χ2v) is 5.66. The molecule has 1 aliphatic rings. The highest BCUT2D eigenvalue weighted by Crippen LogP contribution is 2.15. The third-order valence-corrected chi connectivity index (χ3v) is 3.94. The summed E-state index contributed by atoms with van der Waals surface area (Å²) in [6.07, 6.45) is 1.98. The van der Waals surface area contributed by atoms with E-state index >= 15 is 0 Å². The fourth-order valence-electron chi connectivity index (χ4n) is 2.49. The summed E-state index contributed by atoms with van der Waals surface area (Å²) >= 11 is 0. The number of aryl methyl sites for hydroxylation is 1. The summed E-state index contributed by atoms with van der Waals surface area (Å²) in [7, 11) is 0. The standard InChI is InChI=1S/C16H24N2O2/c1-13-2-4-14(5-3-13)10-17-16(20)11-18-8-6-15(12-19)7-9-18/h2-5,15,19H,6-12H2,1H3,(H,17,20). The summed E-state index contributed by atoms with van der Waals surface area (Å²) in [6.45, 7) is 5.19. The summed E-state index contributed by atoms with van der Waals surface area (Å²) < 4.78 is 0. The van der Waals surface area contributed by atoms with Crippen molar-refractivity contribution >= 4 is 5.91 Å². The van der Waals surface area contributed by atoms with Gasteiger partial charge in [0.15, 0.2) is 0 Å². The molecular weight excluding hydrogens is 252 g/mol. The van der Waals surface area contributed by atoms with Crippen LogP contribution in [0.25, 0.3) is 0 Å². The highest BCUT2D eigenvalue weighted by Gasteiger charge is 2.19. The lowest BCUT2D eigenvalue weighted by Crippen LogP contribution is -2.41. The van der Waals surface area contributed by atoms with E-state index in [1.807, 2.05) is 12.1 Å². The molecule has 110 valence electrons. The van der Waals surface area contributed by atoms with Crippen LogP contribution < -0.4 is 5.32 Å². The third-order valence-electron chi connectivity index (χ3n) is 3.94. The van der Waals surface area contributed by atoms with Crippen LogP contribution in [0.15, 0.2) is 24.3 Å². The smallest absolute Gasteiger partial charge is 0.234 e. The van der Waals surface area contributed by atoms with Gasteiger partial charge in [-0.25, -0.2) is 0 Å². The van der Waals surface area contributed by atoms with E-state index in [9.17, 15) is 4.79 Å². The largest absolute Gasteiger partial charge is 0.396 e. The number of carbonyl (C=O) groups excluding carboxylic acids is 1. The van der Waals surface area contributed by atoms with Gasteiger partial charge in [-0.3, -0.25) is 9.69 Å². The number of benzene rings is 1. The molecule has 0 aliphatic carbocycles. The molecule has 1 saturated heterocycles. The molecule has 1 fully saturated rings. The van der Waals surface area contributed by atoms with Gasteiger partial charge in [0.25, 0.3) is 0 Å². The minimum absolute atomic E-state index is 0.0769. The Kier molecular flexibility index (Phi) is 5.56. The number of likely N-dealkylation sites (tertiary alicyclic amines) is 1. The molecule has 0 spiro atoms. The lowest BCUT2D eigenvalue weighted by atomic mass is 9.98. The SMILES string of the molecule is Cc1ccc(CNC(=O)CN2CCC(CO)CC2)cc1. The molecule has 4 heteroatoms. The lowest BCUT2D eigenvalue weighted by molar-refractivity contribution is -0.122. The van der Waals surface area contributed by atoms with Gasteiger partial charge in [0.1, 0.15) is 0 Å². The quantitative estimate of drug-likeness (QED) is 0.853. The number of nitrogens with zero attached hydrogens (tertiary/aromatic N) is 1. The first-order valence-electron chi connectivity index (χ1n) is 7.33. The zero-order valence-corrected chi connectivity index (χ0v) is 12.1. The van der Waals surface area contributed by atoms with Gasteiger partial charge in [-0.15, -0.1) is 0 Å². The van der Waals surface area contributed by atoms with Crippen LogP contribution in [0.5, 0.6) is 0 Å². The number of rotatable bonds is 5. The van der Waals surface area contributed by atoms with Crippen molar-refractivity contribution in [1.82, 2.24) is 10.2 Å². The number of piperidine rings is 1. The van der Waals surface area contributed by atoms with E-state index in [1.165, 1.54) is 5.56 Å². The van der Waals surface area contributed by atoms with Gasteiger partial charge >= 0.3 is 0 Å². The van der Waals surface area contributed by atoms with E-state index in [1.54, 1.807) is 0 Å². The van der Waals surface area contributed by atoms with Gasteiger partial charge in [0.05, 0.1) is 6.54 Å². The van der Waals surface area contributed by atoms with Gasteiger partial charge in [-0.1, -0.05) is 29.8 Å². The second-order valence-electron chi connectivity index (χ2n) is 5.66. The molecule has 20 heavy (non-hydrogen) atoms. The third kappa shape index (κ3) is 4.62. The van der Waals surface area contributed by atoms with E-state index in [2.05, 4.69) is 29.3 Å². The Balaban J connectivity index is 1.69. The Morgan fingerprint density at radius 1 is 1.30 bits per heavy atom. The number of amides is 1. The van der Waals surface area contributed by atoms with Crippen molar-refractivity contribution in [1.29, 1.82) is 0 Å². The summed E-state index contributed by atoms with van der Waals surface area (Å²) in [5.41, 5.74) is 2.36. The van der Waals surface area contributed by atoms with E-state index in [-0.39, 0.29) is 12.5 Å². The number of hydrogen-bond donors (Lipinski definition) is 2. The number of carbonyl (C=O) groups is 1. The van der Waals surface area contributed by atoms with Crippen LogP contribution >= 0.6 is 0 Å². The average Bonchev–Trinajstić information content (AvgIpc) is 2.47. The number of aliphatic hydroxyl groups excluding tert-OH is 1. The van der Waals surface area contributed by atoms with Gasteiger partial charge < -0.3 is 10.4 Å². The maximum absolute atomic E-state index is 11.9. The first-order valence-corrected chi connectivity index (χ1v) is 7.33. The van der Waals surface area contributed by atoms with Crippen LogP contribution in [0.1, 0.15) is 24.0 Å². The van der Waals surface area contributed by atoms with Crippen LogP contribution in [-0.2, 0) is 11.3 Å². The second kappa shape index (κ2) is 7.41. The molecule has 1 aliphatic heterocycles. The molecule has 0 bridgehead atoms. The number of hydrogen-bond acceptors (Lipinski definition) is 3. The molecule has 2 rings (SSSR count). The molecule has 1 amide bonds. The fraction of sp³-hybridized carbons (Fsp3) is 0.562. The Labute approximate surface area is 120 Å². The van der Waals surface area contributed by atoms with Crippen LogP contribution in [0.4, 0.5) is 0 Å². The van der Waals surface area contributed by atoms with Crippen LogP contribution in [-0.4, -0.2) is 42.2 Å². The highest BCUT2D eigenvalue weighted by molar-refractivity contribution is 5.78. The predicted molar refractivity (Wildman–Crippen MR) is 79.3 cm³/mol. The van der Waals surface area contributed by atoms with Crippen molar-refractivity contribution in [3.63, 3.8) is 0 Å². The Morgan fingerprint density at radius 2 is 1.95 bits per heavy atom. The zero-order valence-electron chi connectivity index (χ0n) is 12.1. The zero-order chi connectivity index (χ0) is 14.4. The summed E-state index contributed by atoms with van der Waals surface area (Å²) in [6, 6.07) is 8.20. The van der Waals surface area contributed by atoms with Crippen LogP contribution in [0.3, 0.4) is 0 Å².